The van der Waals surface area contributed by atoms with Crippen LogP contribution in [0.1, 0.15) is 25.0 Å². The number of rotatable bonds is 7. The van der Waals surface area contributed by atoms with E-state index in [0.717, 1.165) is 11.3 Å². The van der Waals surface area contributed by atoms with Gasteiger partial charge in [-0.2, -0.15) is 0 Å². The Morgan fingerprint density at radius 3 is 2.39 bits per heavy atom. The summed E-state index contributed by atoms with van der Waals surface area (Å²) in [5.41, 5.74) is 1.66. The third-order valence-corrected chi connectivity index (χ3v) is 3.76. The largest absolute Gasteiger partial charge is 0.491 e. The molecule has 2 N–H and O–H groups in total. The summed E-state index contributed by atoms with van der Waals surface area (Å²) >= 11 is 5.11. The minimum absolute atomic E-state index is 0.00391. The summed E-state index contributed by atoms with van der Waals surface area (Å²) < 4.78 is 5.58. The molecule has 0 aliphatic rings. The van der Waals surface area contributed by atoms with Gasteiger partial charge in [-0.15, -0.1) is 0 Å². The van der Waals surface area contributed by atoms with Crippen LogP contribution in [-0.2, 0) is 11.3 Å². The lowest BCUT2D eigenvalue weighted by atomic mass is 10.2. The minimum Gasteiger partial charge on any atom is -0.491 e. The number of amides is 1. The number of hydrogen-bond acceptors (Lipinski definition) is 5. The van der Waals surface area contributed by atoms with E-state index in [4.69, 9.17) is 17.0 Å². The lowest BCUT2D eigenvalue weighted by Crippen LogP contribution is -2.37. The Hall–Kier alpha value is -3.26. The number of nitrogens with one attached hydrogen (secondary N) is 2. The molecule has 0 unspecified atom stereocenters. The Kier molecular flexibility index (Phi) is 7.65. The molecule has 0 spiro atoms. The van der Waals surface area contributed by atoms with Gasteiger partial charge in [0.25, 0.3) is 5.69 Å². The predicted octanol–water partition coefficient (Wildman–Crippen LogP) is 3.59. The van der Waals surface area contributed by atoms with E-state index in [-0.39, 0.29) is 16.9 Å². The van der Waals surface area contributed by atoms with E-state index in [9.17, 15) is 14.9 Å². The zero-order valence-corrected chi connectivity index (χ0v) is 16.4. The first-order valence-corrected chi connectivity index (χ1v) is 9.01. The summed E-state index contributed by atoms with van der Waals surface area (Å²) in [6, 6.07) is 13.5. The highest BCUT2D eigenvalue weighted by Gasteiger charge is 2.04. The van der Waals surface area contributed by atoms with Crippen LogP contribution in [0.4, 0.5) is 5.69 Å². The number of hydrogen-bond donors (Lipinski definition) is 2. The molecule has 1 amide bonds. The molecule has 0 aliphatic carbocycles. The molecule has 0 fully saturated rings. The average molecular weight is 399 g/mol. The summed E-state index contributed by atoms with van der Waals surface area (Å²) in [6.45, 7) is 4.40. The first-order valence-electron chi connectivity index (χ1n) is 8.60. The maximum atomic E-state index is 11.9. The Balaban J connectivity index is 1.78. The molecular weight excluding hydrogens is 378 g/mol. The Morgan fingerprint density at radius 1 is 1.18 bits per heavy atom. The summed E-state index contributed by atoms with van der Waals surface area (Å²) in [7, 11) is 0. The van der Waals surface area contributed by atoms with E-state index in [1.807, 2.05) is 38.1 Å². The first-order chi connectivity index (χ1) is 13.3. The normalized spacial score (nSPS) is 10.7. The second kappa shape index (κ2) is 10.2. The lowest BCUT2D eigenvalue weighted by Gasteiger charge is -2.11. The SMILES string of the molecule is CC(C)Oc1ccc(CNC(=S)NC(=O)/C=C/c2ccc([N+](=O)[O-])cc2)cc1. The highest BCUT2D eigenvalue weighted by atomic mass is 32.1. The van der Waals surface area contributed by atoms with Crippen molar-refractivity contribution in [2.24, 2.45) is 0 Å². The van der Waals surface area contributed by atoms with Crippen molar-refractivity contribution in [3.05, 3.63) is 75.8 Å². The highest BCUT2D eigenvalue weighted by molar-refractivity contribution is 7.80. The molecule has 0 atom stereocenters. The van der Waals surface area contributed by atoms with E-state index in [1.165, 1.54) is 18.2 Å². The zero-order chi connectivity index (χ0) is 20.5. The number of carbonyl (C=O) groups excluding carboxylic acids is 1. The van der Waals surface area contributed by atoms with Crippen molar-refractivity contribution in [1.29, 1.82) is 0 Å². The van der Waals surface area contributed by atoms with Crippen LogP contribution in [0, 0.1) is 10.1 Å². The third kappa shape index (κ3) is 7.16. The molecule has 146 valence electrons. The van der Waals surface area contributed by atoms with Gasteiger partial charge < -0.3 is 10.1 Å². The van der Waals surface area contributed by atoms with E-state index >= 15 is 0 Å². The van der Waals surface area contributed by atoms with Crippen molar-refractivity contribution >= 4 is 35.0 Å². The van der Waals surface area contributed by atoms with Gasteiger partial charge >= 0.3 is 0 Å². The number of benzene rings is 2. The van der Waals surface area contributed by atoms with Gasteiger partial charge in [0.1, 0.15) is 5.75 Å². The molecule has 8 heteroatoms. The Morgan fingerprint density at radius 2 is 1.82 bits per heavy atom. The van der Waals surface area contributed by atoms with E-state index in [1.54, 1.807) is 18.2 Å². The van der Waals surface area contributed by atoms with E-state index in [2.05, 4.69) is 10.6 Å². The van der Waals surface area contributed by atoms with Crippen molar-refractivity contribution in [3.8, 4) is 5.75 Å². The molecule has 0 saturated carbocycles. The zero-order valence-electron chi connectivity index (χ0n) is 15.5. The second-order valence-electron chi connectivity index (χ2n) is 6.16. The monoisotopic (exact) mass is 399 g/mol. The molecule has 28 heavy (non-hydrogen) atoms. The van der Waals surface area contributed by atoms with Crippen molar-refractivity contribution in [2.45, 2.75) is 26.5 Å². The molecular formula is C20H21N3O4S. The number of thiocarbonyl (C=S) groups is 1. The average Bonchev–Trinajstić information content (AvgIpc) is 2.65. The molecule has 2 rings (SSSR count). The van der Waals surface area contributed by atoms with Gasteiger partial charge in [0.15, 0.2) is 5.11 Å². The third-order valence-electron chi connectivity index (χ3n) is 3.52. The molecule has 7 nitrogen and oxygen atoms in total. The van der Waals surface area contributed by atoms with Crippen molar-refractivity contribution < 1.29 is 14.5 Å². The number of nitrogens with zero attached hydrogens (tertiary/aromatic N) is 1. The molecule has 0 heterocycles. The number of carbonyl (C=O) groups is 1. The van der Waals surface area contributed by atoms with Crippen LogP contribution in [0.25, 0.3) is 6.08 Å². The van der Waals surface area contributed by atoms with Gasteiger partial charge in [-0.3, -0.25) is 20.2 Å². The van der Waals surface area contributed by atoms with Gasteiger partial charge in [0.2, 0.25) is 5.91 Å². The maximum Gasteiger partial charge on any atom is 0.269 e. The predicted molar refractivity (Wildman–Crippen MR) is 112 cm³/mol. The van der Waals surface area contributed by atoms with Gasteiger partial charge in [0.05, 0.1) is 11.0 Å². The van der Waals surface area contributed by atoms with Crippen LogP contribution in [0.3, 0.4) is 0 Å². The highest BCUT2D eigenvalue weighted by Crippen LogP contribution is 2.14. The molecule has 2 aromatic rings. The molecule has 0 aliphatic heterocycles. The summed E-state index contributed by atoms with van der Waals surface area (Å²) in [5.74, 6) is 0.405. The summed E-state index contributed by atoms with van der Waals surface area (Å²) in [6.07, 6.45) is 2.98. The van der Waals surface area contributed by atoms with Crippen LogP contribution in [0.15, 0.2) is 54.6 Å². The fourth-order valence-corrected chi connectivity index (χ4v) is 2.39. The van der Waals surface area contributed by atoms with Crippen molar-refractivity contribution in [2.75, 3.05) is 0 Å². The Labute approximate surface area is 168 Å². The molecule has 0 bridgehead atoms. The quantitative estimate of drug-likeness (QED) is 0.320. The number of non-ortho nitro benzene ring substituents is 1. The van der Waals surface area contributed by atoms with Gasteiger partial charge in [0, 0.05) is 24.8 Å². The van der Waals surface area contributed by atoms with E-state index < -0.39 is 10.8 Å². The number of nitro groups is 1. The first kappa shape index (κ1) is 21.0. The topological polar surface area (TPSA) is 93.5 Å². The van der Waals surface area contributed by atoms with Gasteiger partial charge in [-0.1, -0.05) is 12.1 Å². The van der Waals surface area contributed by atoms with Gasteiger partial charge in [-0.05, 0) is 67.5 Å². The van der Waals surface area contributed by atoms with E-state index in [0.29, 0.717) is 12.1 Å². The number of ether oxygens (including phenoxy) is 1. The lowest BCUT2D eigenvalue weighted by molar-refractivity contribution is -0.384. The standard InChI is InChI=1S/C20H21N3O4S/c1-14(2)27-18-10-5-16(6-11-18)13-21-20(28)22-19(24)12-7-15-3-8-17(9-4-15)23(25)26/h3-12,14H,13H2,1-2H3,(H2,21,22,24,28)/b12-7+. The Bertz CT molecular complexity index is 862. The van der Waals surface area contributed by atoms with Crippen LogP contribution >= 0.6 is 12.2 Å². The van der Waals surface area contributed by atoms with Crippen molar-refractivity contribution in [1.82, 2.24) is 10.6 Å². The van der Waals surface area contributed by atoms with Gasteiger partial charge in [-0.25, -0.2) is 0 Å². The van der Waals surface area contributed by atoms with Crippen LogP contribution in [0.2, 0.25) is 0 Å². The maximum absolute atomic E-state index is 11.9. The van der Waals surface area contributed by atoms with Crippen LogP contribution in [-0.4, -0.2) is 22.0 Å². The minimum atomic E-state index is -0.477. The number of nitro benzene ring substituents is 1. The smallest absolute Gasteiger partial charge is 0.269 e. The fraction of sp³-hybridized carbons (Fsp3) is 0.200. The summed E-state index contributed by atoms with van der Waals surface area (Å²) in [5, 5.41) is 16.3. The molecule has 0 saturated heterocycles. The van der Waals surface area contributed by atoms with Crippen LogP contribution < -0.4 is 15.4 Å². The van der Waals surface area contributed by atoms with Crippen LogP contribution in [0.5, 0.6) is 5.75 Å². The fourth-order valence-electron chi connectivity index (χ4n) is 2.22. The second-order valence-corrected chi connectivity index (χ2v) is 6.57. The molecule has 0 radical (unpaired) electrons. The molecule has 0 aromatic heterocycles. The summed E-state index contributed by atoms with van der Waals surface area (Å²) in [4.78, 5) is 22.1. The van der Waals surface area contributed by atoms with Crippen molar-refractivity contribution in [3.63, 3.8) is 0 Å². The molecule has 2 aromatic carbocycles.